The number of nitrogens with zero attached hydrogens (tertiary/aromatic N) is 5. The molecular weight excluding hydrogens is 200 g/mol. The molecule has 0 amide bonds. The number of nitrogens with two attached hydrogens (primary N) is 1. The van der Waals surface area contributed by atoms with Gasteiger partial charge in [-0.25, -0.2) is 4.68 Å². The third-order valence-electron chi connectivity index (χ3n) is 1.82. The molecule has 2 N–H and O–H groups in total. The van der Waals surface area contributed by atoms with Crippen LogP contribution in [-0.4, -0.2) is 25.1 Å². The Balaban J connectivity index is 2.47. The zero-order valence-corrected chi connectivity index (χ0v) is 7.44. The Hall–Kier alpha value is -2.51. The van der Waals surface area contributed by atoms with Crippen LogP contribution in [0.2, 0.25) is 0 Å². The molecule has 8 heteroatoms. The highest BCUT2D eigenvalue weighted by Crippen LogP contribution is 2.23. The van der Waals surface area contributed by atoms with Crippen LogP contribution in [0, 0.1) is 10.1 Å². The van der Waals surface area contributed by atoms with Gasteiger partial charge in [0, 0.05) is 6.07 Å². The van der Waals surface area contributed by atoms with Crippen molar-refractivity contribution >= 4 is 11.4 Å². The van der Waals surface area contributed by atoms with Crippen LogP contribution in [0.4, 0.5) is 11.4 Å². The quantitative estimate of drug-likeness (QED) is 0.425. The maximum Gasteiger partial charge on any atom is 0.292 e. The van der Waals surface area contributed by atoms with Gasteiger partial charge in [0.2, 0.25) is 0 Å². The monoisotopic (exact) mass is 206 g/mol. The van der Waals surface area contributed by atoms with E-state index >= 15 is 0 Å². The van der Waals surface area contributed by atoms with Crippen LogP contribution < -0.4 is 5.73 Å². The van der Waals surface area contributed by atoms with Crippen LogP contribution in [0.15, 0.2) is 24.5 Å². The topological polar surface area (TPSA) is 113 Å². The Morgan fingerprint density at radius 1 is 1.47 bits per heavy atom. The van der Waals surface area contributed by atoms with E-state index in [1.165, 1.54) is 29.2 Å². The van der Waals surface area contributed by atoms with Crippen molar-refractivity contribution < 1.29 is 4.92 Å². The Bertz CT molecular complexity index is 494. The van der Waals surface area contributed by atoms with Gasteiger partial charge in [-0.15, -0.1) is 5.10 Å². The van der Waals surface area contributed by atoms with Crippen molar-refractivity contribution in [3.05, 3.63) is 34.6 Å². The number of anilines is 1. The van der Waals surface area contributed by atoms with E-state index < -0.39 is 4.92 Å². The predicted molar refractivity (Wildman–Crippen MR) is 50.2 cm³/mol. The summed E-state index contributed by atoms with van der Waals surface area (Å²) in [5.74, 6) is 0. The molecule has 0 fully saturated rings. The number of tetrazole rings is 1. The molecule has 0 spiro atoms. The number of hydrogen-bond acceptors (Lipinski definition) is 6. The SMILES string of the molecule is Nc1cc(-n2cnnn2)ccc1[N+](=O)[O-]. The summed E-state index contributed by atoms with van der Waals surface area (Å²) in [7, 11) is 0. The highest BCUT2D eigenvalue weighted by molar-refractivity contribution is 5.62. The van der Waals surface area contributed by atoms with Gasteiger partial charge in [0.1, 0.15) is 12.0 Å². The summed E-state index contributed by atoms with van der Waals surface area (Å²) >= 11 is 0. The maximum atomic E-state index is 10.5. The first-order valence-electron chi connectivity index (χ1n) is 3.96. The van der Waals surface area contributed by atoms with E-state index in [-0.39, 0.29) is 11.4 Å². The lowest BCUT2D eigenvalue weighted by Gasteiger charge is -2.01. The fraction of sp³-hybridized carbons (Fsp3) is 0. The molecule has 76 valence electrons. The highest BCUT2D eigenvalue weighted by Gasteiger charge is 2.11. The van der Waals surface area contributed by atoms with E-state index in [0.29, 0.717) is 5.69 Å². The summed E-state index contributed by atoms with van der Waals surface area (Å²) in [5.41, 5.74) is 6.02. The molecule has 0 aliphatic rings. The largest absolute Gasteiger partial charge is 0.393 e. The second-order valence-corrected chi connectivity index (χ2v) is 2.75. The lowest BCUT2D eigenvalue weighted by molar-refractivity contribution is -0.383. The highest BCUT2D eigenvalue weighted by atomic mass is 16.6. The zero-order valence-electron chi connectivity index (χ0n) is 7.44. The number of aromatic nitrogens is 4. The number of rotatable bonds is 2. The summed E-state index contributed by atoms with van der Waals surface area (Å²) < 4.78 is 1.36. The molecule has 0 saturated carbocycles. The van der Waals surface area contributed by atoms with Gasteiger partial charge in [0.25, 0.3) is 5.69 Å². The molecule has 0 saturated heterocycles. The Labute approximate surface area is 83.5 Å². The van der Waals surface area contributed by atoms with Crippen molar-refractivity contribution in [3.8, 4) is 5.69 Å². The minimum absolute atomic E-state index is 0.0769. The average Bonchev–Trinajstić information content (AvgIpc) is 2.69. The number of nitro groups is 1. The van der Waals surface area contributed by atoms with Gasteiger partial charge in [-0.1, -0.05) is 0 Å². The number of hydrogen-bond donors (Lipinski definition) is 1. The van der Waals surface area contributed by atoms with E-state index in [2.05, 4.69) is 15.5 Å². The third kappa shape index (κ3) is 1.59. The molecule has 1 aromatic carbocycles. The fourth-order valence-electron chi connectivity index (χ4n) is 1.13. The lowest BCUT2D eigenvalue weighted by atomic mass is 10.2. The zero-order chi connectivity index (χ0) is 10.8. The molecule has 1 aromatic heterocycles. The second kappa shape index (κ2) is 3.33. The summed E-state index contributed by atoms with van der Waals surface area (Å²) in [5, 5.41) is 21.0. The van der Waals surface area contributed by atoms with Gasteiger partial charge in [-0.2, -0.15) is 0 Å². The van der Waals surface area contributed by atoms with Gasteiger partial charge in [0.15, 0.2) is 0 Å². The normalized spacial score (nSPS) is 10.1. The molecule has 8 nitrogen and oxygen atoms in total. The van der Waals surface area contributed by atoms with E-state index in [4.69, 9.17) is 5.73 Å². The predicted octanol–water partition coefficient (Wildman–Crippen LogP) is 0.153. The van der Waals surface area contributed by atoms with Crippen molar-refractivity contribution in [2.45, 2.75) is 0 Å². The molecule has 1 heterocycles. The first kappa shape index (κ1) is 9.06. The van der Waals surface area contributed by atoms with Crippen LogP contribution in [-0.2, 0) is 0 Å². The van der Waals surface area contributed by atoms with Crippen molar-refractivity contribution in [3.63, 3.8) is 0 Å². The molecule has 15 heavy (non-hydrogen) atoms. The van der Waals surface area contributed by atoms with E-state index in [1.54, 1.807) is 0 Å². The smallest absolute Gasteiger partial charge is 0.292 e. The minimum Gasteiger partial charge on any atom is -0.393 e. The van der Waals surface area contributed by atoms with Crippen molar-refractivity contribution in [1.29, 1.82) is 0 Å². The van der Waals surface area contributed by atoms with Gasteiger partial charge in [-0.3, -0.25) is 10.1 Å². The van der Waals surface area contributed by atoms with Crippen LogP contribution in [0.25, 0.3) is 5.69 Å². The molecule has 2 aromatic rings. The molecule has 0 unspecified atom stereocenters. The summed E-state index contributed by atoms with van der Waals surface area (Å²) in [4.78, 5) is 9.96. The van der Waals surface area contributed by atoms with Crippen molar-refractivity contribution in [2.75, 3.05) is 5.73 Å². The van der Waals surface area contributed by atoms with E-state index in [0.717, 1.165) is 0 Å². The van der Waals surface area contributed by atoms with Gasteiger partial charge in [-0.05, 0) is 22.6 Å². The molecular formula is C7H6N6O2. The van der Waals surface area contributed by atoms with Crippen molar-refractivity contribution in [2.24, 2.45) is 0 Å². The maximum absolute atomic E-state index is 10.5. The minimum atomic E-state index is -0.543. The van der Waals surface area contributed by atoms with Crippen LogP contribution in [0.3, 0.4) is 0 Å². The molecule has 0 aliphatic heterocycles. The fourth-order valence-corrected chi connectivity index (χ4v) is 1.13. The van der Waals surface area contributed by atoms with Crippen LogP contribution in [0.1, 0.15) is 0 Å². The van der Waals surface area contributed by atoms with E-state index in [1.807, 2.05) is 0 Å². The standard InChI is InChI=1S/C7H6N6O2/c8-6-3-5(12-4-9-10-11-12)1-2-7(6)13(14)15/h1-4H,8H2. The Morgan fingerprint density at radius 2 is 2.27 bits per heavy atom. The van der Waals surface area contributed by atoms with Gasteiger partial charge >= 0.3 is 0 Å². The lowest BCUT2D eigenvalue weighted by Crippen LogP contribution is -2.00. The first-order chi connectivity index (χ1) is 7.18. The second-order valence-electron chi connectivity index (χ2n) is 2.75. The van der Waals surface area contributed by atoms with E-state index in [9.17, 15) is 10.1 Å². The molecule has 0 bridgehead atoms. The third-order valence-corrected chi connectivity index (χ3v) is 1.82. The summed E-state index contributed by atoms with van der Waals surface area (Å²) in [6, 6.07) is 4.27. The number of benzene rings is 1. The van der Waals surface area contributed by atoms with Gasteiger partial charge in [0.05, 0.1) is 10.6 Å². The average molecular weight is 206 g/mol. The molecule has 2 rings (SSSR count). The van der Waals surface area contributed by atoms with Gasteiger partial charge < -0.3 is 5.73 Å². The Morgan fingerprint density at radius 3 is 2.80 bits per heavy atom. The van der Waals surface area contributed by atoms with Crippen LogP contribution >= 0.6 is 0 Å². The number of nitro benzene ring substituents is 1. The summed E-state index contributed by atoms with van der Waals surface area (Å²) in [6.45, 7) is 0. The molecule has 0 aliphatic carbocycles. The number of nitrogen functional groups attached to an aromatic ring is 1. The van der Waals surface area contributed by atoms with Crippen molar-refractivity contribution in [1.82, 2.24) is 20.2 Å². The molecule has 0 atom stereocenters. The Kier molecular flexibility index (Phi) is 2.01. The summed E-state index contributed by atoms with van der Waals surface area (Å²) in [6.07, 6.45) is 1.38. The van der Waals surface area contributed by atoms with Crippen LogP contribution in [0.5, 0.6) is 0 Å². The first-order valence-corrected chi connectivity index (χ1v) is 3.96. The molecule has 0 radical (unpaired) electrons.